The van der Waals surface area contributed by atoms with Crippen LogP contribution in [0.1, 0.15) is 49.4 Å². The van der Waals surface area contributed by atoms with Crippen molar-refractivity contribution in [2.45, 2.75) is 51.2 Å². The Labute approximate surface area is 129 Å². The highest BCUT2D eigenvalue weighted by molar-refractivity contribution is 6.33. The van der Waals surface area contributed by atoms with Crippen LogP contribution in [0.15, 0.2) is 18.2 Å². The summed E-state index contributed by atoms with van der Waals surface area (Å²) >= 11 is 5.94. The lowest BCUT2D eigenvalue weighted by molar-refractivity contribution is -0.128. The number of benzene rings is 1. The minimum absolute atomic E-state index is 0.154. The number of hydrogen-bond donors (Lipinski definition) is 1. The maximum atomic E-state index is 12.1. The molecular weight excluding hydrogens is 290 g/mol. The van der Waals surface area contributed by atoms with Gasteiger partial charge in [0.05, 0.1) is 10.6 Å². The first-order valence-electron chi connectivity index (χ1n) is 7.32. The van der Waals surface area contributed by atoms with Crippen molar-refractivity contribution >= 4 is 23.8 Å². The van der Waals surface area contributed by atoms with Crippen LogP contribution in [0.2, 0.25) is 5.02 Å². The lowest BCUT2D eigenvalue weighted by Crippen LogP contribution is -2.43. The maximum absolute atomic E-state index is 12.1. The average molecular weight is 310 g/mol. The molecule has 4 nitrogen and oxygen atoms in total. The lowest BCUT2D eigenvalue weighted by atomic mass is 9.95. The van der Waals surface area contributed by atoms with Gasteiger partial charge in [0.25, 0.3) is 5.91 Å². The Kier molecular flexibility index (Phi) is 5.62. The number of ether oxygens (including phenoxy) is 1. The molecule has 114 valence electrons. The van der Waals surface area contributed by atoms with Gasteiger partial charge < -0.3 is 10.1 Å². The van der Waals surface area contributed by atoms with E-state index in [4.69, 9.17) is 16.3 Å². The molecule has 1 N–H and O–H groups in total. The van der Waals surface area contributed by atoms with Crippen molar-refractivity contribution in [3.05, 3.63) is 28.8 Å². The largest absolute Gasteiger partial charge is 0.480 e. The number of amides is 1. The molecule has 0 saturated heterocycles. The molecule has 0 bridgehead atoms. The molecule has 0 radical (unpaired) electrons. The van der Waals surface area contributed by atoms with Crippen molar-refractivity contribution < 1.29 is 14.3 Å². The summed E-state index contributed by atoms with van der Waals surface area (Å²) in [6.07, 6.45) is 5.58. The fourth-order valence-electron chi connectivity index (χ4n) is 2.54. The molecule has 0 heterocycles. The molecule has 1 fully saturated rings. The Morgan fingerprint density at radius 3 is 2.76 bits per heavy atom. The van der Waals surface area contributed by atoms with Crippen molar-refractivity contribution in [2.75, 3.05) is 0 Å². The summed E-state index contributed by atoms with van der Waals surface area (Å²) in [5.74, 6) is 0.183. The summed E-state index contributed by atoms with van der Waals surface area (Å²) in [4.78, 5) is 23.2. The molecular formula is C16H20ClNO3. The molecule has 0 aliphatic heterocycles. The minimum Gasteiger partial charge on any atom is -0.480 e. The molecule has 1 unspecified atom stereocenters. The van der Waals surface area contributed by atoms with Crippen molar-refractivity contribution in [1.29, 1.82) is 0 Å². The normalized spacial score (nSPS) is 17.0. The third-order valence-electron chi connectivity index (χ3n) is 3.76. The van der Waals surface area contributed by atoms with Crippen LogP contribution in [0.5, 0.6) is 5.75 Å². The molecule has 1 aromatic carbocycles. The molecule has 1 aliphatic carbocycles. The van der Waals surface area contributed by atoms with Crippen LogP contribution in [0.25, 0.3) is 0 Å². The van der Waals surface area contributed by atoms with Gasteiger partial charge in [0.2, 0.25) is 0 Å². The van der Waals surface area contributed by atoms with Crippen LogP contribution in [0.3, 0.4) is 0 Å². The molecule has 1 atom stereocenters. The Balaban J connectivity index is 1.97. The predicted octanol–water partition coefficient (Wildman–Crippen LogP) is 3.37. The molecule has 1 saturated carbocycles. The highest BCUT2D eigenvalue weighted by Gasteiger charge is 2.21. The third-order valence-corrected chi connectivity index (χ3v) is 4.08. The summed E-state index contributed by atoms with van der Waals surface area (Å²) in [6, 6.07) is 5.18. The van der Waals surface area contributed by atoms with Crippen LogP contribution in [-0.4, -0.2) is 24.3 Å². The van der Waals surface area contributed by atoms with Crippen molar-refractivity contribution in [3.63, 3.8) is 0 Å². The van der Waals surface area contributed by atoms with Gasteiger partial charge in [-0.25, -0.2) is 0 Å². The molecule has 5 heteroatoms. The van der Waals surface area contributed by atoms with E-state index in [9.17, 15) is 9.59 Å². The minimum atomic E-state index is -0.663. The Morgan fingerprint density at radius 1 is 1.38 bits per heavy atom. The van der Waals surface area contributed by atoms with E-state index in [2.05, 4.69) is 5.32 Å². The van der Waals surface area contributed by atoms with Crippen LogP contribution < -0.4 is 10.1 Å². The van der Waals surface area contributed by atoms with E-state index < -0.39 is 6.10 Å². The number of nitrogens with one attached hydrogen (secondary N) is 1. The summed E-state index contributed by atoms with van der Waals surface area (Å²) in [7, 11) is 0. The number of aldehydes is 1. The summed E-state index contributed by atoms with van der Waals surface area (Å²) in [6.45, 7) is 1.67. The monoisotopic (exact) mass is 309 g/mol. The van der Waals surface area contributed by atoms with Gasteiger partial charge in [-0.1, -0.05) is 36.9 Å². The highest BCUT2D eigenvalue weighted by atomic mass is 35.5. The zero-order valence-electron chi connectivity index (χ0n) is 12.1. The molecule has 1 amide bonds. The number of carbonyl (C=O) groups is 2. The van der Waals surface area contributed by atoms with Crippen LogP contribution in [0, 0.1) is 0 Å². The van der Waals surface area contributed by atoms with Gasteiger partial charge in [-0.15, -0.1) is 0 Å². The van der Waals surface area contributed by atoms with Gasteiger partial charge >= 0.3 is 0 Å². The number of carbonyl (C=O) groups excluding carboxylic acids is 2. The smallest absolute Gasteiger partial charge is 0.260 e. The zero-order valence-corrected chi connectivity index (χ0v) is 12.9. The second-order valence-electron chi connectivity index (χ2n) is 5.37. The second kappa shape index (κ2) is 7.46. The van der Waals surface area contributed by atoms with E-state index in [0.717, 1.165) is 25.7 Å². The van der Waals surface area contributed by atoms with E-state index in [1.54, 1.807) is 25.1 Å². The summed E-state index contributed by atoms with van der Waals surface area (Å²) < 4.78 is 5.59. The standard InChI is InChI=1S/C16H20ClNO3/c1-11(16(20)18-12-6-3-2-4-7-12)21-15-9-5-8-14(17)13(15)10-19/h5,8-12H,2-4,6-7H2,1H3,(H,18,20). The topological polar surface area (TPSA) is 55.4 Å². The first kappa shape index (κ1) is 15.8. The quantitative estimate of drug-likeness (QED) is 0.848. The Hall–Kier alpha value is -1.55. The number of rotatable bonds is 5. The lowest BCUT2D eigenvalue weighted by Gasteiger charge is -2.25. The second-order valence-corrected chi connectivity index (χ2v) is 5.78. The maximum Gasteiger partial charge on any atom is 0.260 e. The molecule has 0 aromatic heterocycles. The van der Waals surface area contributed by atoms with Crippen molar-refractivity contribution in [3.8, 4) is 5.75 Å². The summed E-state index contributed by atoms with van der Waals surface area (Å²) in [5, 5.41) is 3.33. The van der Waals surface area contributed by atoms with Crippen LogP contribution >= 0.6 is 11.6 Å². The number of hydrogen-bond acceptors (Lipinski definition) is 3. The van der Waals surface area contributed by atoms with Gasteiger partial charge in [-0.05, 0) is 31.9 Å². The molecule has 21 heavy (non-hydrogen) atoms. The van der Waals surface area contributed by atoms with Crippen LogP contribution in [-0.2, 0) is 4.79 Å². The molecule has 0 spiro atoms. The van der Waals surface area contributed by atoms with E-state index in [1.165, 1.54) is 6.42 Å². The first-order chi connectivity index (χ1) is 10.1. The van der Waals surface area contributed by atoms with E-state index >= 15 is 0 Å². The summed E-state index contributed by atoms with van der Waals surface area (Å²) in [5.41, 5.74) is 0.275. The number of halogens is 1. The zero-order chi connectivity index (χ0) is 15.2. The molecule has 1 aromatic rings. The van der Waals surface area contributed by atoms with Gasteiger partial charge in [0, 0.05) is 6.04 Å². The van der Waals surface area contributed by atoms with Crippen molar-refractivity contribution in [1.82, 2.24) is 5.32 Å². The molecule has 2 rings (SSSR count). The fourth-order valence-corrected chi connectivity index (χ4v) is 2.75. The van der Waals surface area contributed by atoms with E-state index in [-0.39, 0.29) is 17.5 Å². The predicted molar refractivity (Wildman–Crippen MR) is 81.9 cm³/mol. The van der Waals surface area contributed by atoms with Crippen molar-refractivity contribution in [2.24, 2.45) is 0 Å². The first-order valence-corrected chi connectivity index (χ1v) is 7.70. The van der Waals surface area contributed by atoms with Gasteiger partial charge in [0.1, 0.15) is 5.75 Å². The Morgan fingerprint density at radius 2 is 2.10 bits per heavy atom. The van der Waals surface area contributed by atoms with Gasteiger partial charge in [0.15, 0.2) is 12.4 Å². The van der Waals surface area contributed by atoms with E-state index in [0.29, 0.717) is 17.1 Å². The van der Waals surface area contributed by atoms with Crippen LogP contribution in [0.4, 0.5) is 0 Å². The van der Waals surface area contributed by atoms with E-state index in [1.807, 2.05) is 0 Å². The van der Waals surface area contributed by atoms with Gasteiger partial charge in [-0.2, -0.15) is 0 Å². The fraction of sp³-hybridized carbons (Fsp3) is 0.500. The third kappa shape index (κ3) is 4.21. The average Bonchev–Trinajstić information content (AvgIpc) is 2.48. The van der Waals surface area contributed by atoms with Gasteiger partial charge in [-0.3, -0.25) is 9.59 Å². The Bertz CT molecular complexity index is 512. The highest BCUT2D eigenvalue weighted by Crippen LogP contribution is 2.25. The molecule has 1 aliphatic rings. The SMILES string of the molecule is CC(Oc1cccc(Cl)c1C=O)C(=O)NC1CCCCC1.